The third-order valence-corrected chi connectivity index (χ3v) is 4.18. The summed E-state index contributed by atoms with van der Waals surface area (Å²) in [5.74, 6) is -0.413. The highest BCUT2D eigenvalue weighted by Crippen LogP contribution is 2.22. The summed E-state index contributed by atoms with van der Waals surface area (Å²) in [6.45, 7) is 5.16. The van der Waals surface area contributed by atoms with Gasteiger partial charge in [-0.05, 0) is 49.1 Å². The predicted octanol–water partition coefficient (Wildman–Crippen LogP) is 3.58. The molecule has 2 N–H and O–H groups in total. The molecule has 0 spiro atoms. The van der Waals surface area contributed by atoms with Gasteiger partial charge in [0.25, 0.3) is 11.8 Å². The molecule has 2 aromatic rings. The third-order valence-electron chi connectivity index (χ3n) is 4.18. The number of para-hydroxylation sites is 1. The molecule has 5 heteroatoms. The Morgan fingerprint density at radius 3 is 2.42 bits per heavy atom. The van der Waals surface area contributed by atoms with Crippen LogP contribution in [0.4, 0.5) is 5.69 Å². The Morgan fingerprint density at radius 1 is 1.04 bits per heavy atom. The van der Waals surface area contributed by atoms with Crippen molar-refractivity contribution in [3.63, 3.8) is 0 Å². The van der Waals surface area contributed by atoms with Crippen molar-refractivity contribution in [3.8, 4) is 0 Å². The van der Waals surface area contributed by atoms with Gasteiger partial charge >= 0.3 is 0 Å². The van der Waals surface area contributed by atoms with E-state index in [4.69, 9.17) is 4.74 Å². The first kappa shape index (κ1) is 19.7. The number of carbonyl (C=O) groups is 2. The van der Waals surface area contributed by atoms with Gasteiger partial charge in [-0.25, -0.2) is 0 Å². The lowest BCUT2D eigenvalue weighted by molar-refractivity contribution is 0.0948. The van der Waals surface area contributed by atoms with Gasteiger partial charge in [0.1, 0.15) is 0 Å². The molecular formula is C21H26N2O3. The Balaban J connectivity index is 2.10. The van der Waals surface area contributed by atoms with E-state index in [0.29, 0.717) is 24.3 Å². The van der Waals surface area contributed by atoms with Crippen LogP contribution in [-0.4, -0.2) is 32.1 Å². The first-order valence-electron chi connectivity index (χ1n) is 8.83. The van der Waals surface area contributed by atoms with E-state index in [-0.39, 0.29) is 11.8 Å². The molecule has 0 aromatic heterocycles. The third kappa shape index (κ3) is 5.17. The normalized spacial score (nSPS) is 10.4. The SMILES string of the molecule is CCc1cccc(C)c1NC(=O)c1cccc(C(=O)NCCCOC)c1. The molecule has 0 aliphatic heterocycles. The summed E-state index contributed by atoms with van der Waals surface area (Å²) in [4.78, 5) is 24.9. The van der Waals surface area contributed by atoms with Gasteiger partial charge in [0.05, 0.1) is 0 Å². The summed E-state index contributed by atoms with van der Waals surface area (Å²) in [6.07, 6.45) is 1.58. The van der Waals surface area contributed by atoms with E-state index in [1.165, 1.54) is 0 Å². The van der Waals surface area contributed by atoms with Crippen molar-refractivity contribution < 1.29 is 14.3 Å². The molecule has 0 heterocycles. The lowest BCUT2D eigenvalue weighted by Crippen LogP contribution is -2.25. The largest absolute Gasteiger partial charge is 0.385 e. The van der Waals surface area contributed by atoms with Gasteiger partial charge in [-0.1, -0.05) is 31.2 Å². The van der Waals surface area contributed by atoms with Crippen molar-refractivity contribution in [2.24, 2.45) is 0 Å². The number of carbonyl (C=O) groups excluding carboxylic acids is 2. The molecule has 0 atom stereocenters. The van der Waals surface area contributed by atoms with Crippen molar-refractivity contribution in [1.29, 1.82) is 0 Å². The van der Waals surface area contributed by atoms with Crippen LogP contribution < -0.4 is 10.6 Å². The molecule has 0 aliphatic carbocycles. The van der Waals surface area contributed by atoms with Crippen LogP contribution in [0.5, 0.6) is 0 Å². The summed E-state index contributed by atoms with van der Waals surface area (Å²) < 4.78 is 4.96. The van der Waals surface area contributed by atoms with Crippen LogP contribution in [0.2, 0.25) is 0 Å². The maximum absolute atomic E-state index is 12.6. The minimum atomic E-state index is -0.219. The number of ether oxygens (including phenoxy) is 1. The van der Waals surface area contributed by atoms with Gasteiger partial charge in [-0.3, -0.25) is 9.59 Å². The molecule has 0 radical (unpaired) electrons. The molecule has 0 aliphatic rings. The number of nitrogens with one attached hydrogen (secondary N) is 2. The average Bonchev–Trinajstić information content (AvgIpc) is 2.66. The zero-order chi connectivity index (χ0) is 18.9. The highest BCUT2D eigenvalue weighted by molar-refractivity contribution is 6.06. The van der Waals surface area contributed by atoms with Gasteiger partial charge in [0.15, 0.2) is 0 Å². The second-order valence-corrected chi connectivity index (χ2v) is 6.10. The van der Waals surface area contributed by atoms with Crippen molar-refractivity contribution in [2.45, 2.75) is 26.7 Å². The van der Waals surface area contributed by atoms with E-state index in [9.17, 15) is 9.59 Å². The monoisotopic (exact) mass is 354 g/mol. The molecule has 0 fully saturated rings. The Hall–Kier alpha value is -2.66. The lowest BCUT2D eigenvalue weighted by atomic mass is 10.0. The first-order valence-corrected chi connectivity index (χ1v) is 8.83. The van der Waals surface area contributed by atoms with E-state index in [1.54, 1.807) is 31.4 Å². The van der Waals surface area contributed by atoms with Crippen LogP contribution >= 0.6 is 0 Å². The second-order valence-electron chi connectivity index (χ2n) is 6.10. The molecule has 2 amide bonds. The fraction of sp³-hybridized carbons (Fsp3) is 0.333. The highest BCUT2D eigenvalue weighted by Gasteiger charge is 2.13. The first-order chi connectivity index (χ1) is 12.6. The Kier molecular flexibility index (Phi) is 7.36. The van der Waals surface area contributed by atoms with Crippen LogP contribution in [0.25, 0.3) is 0 Å². The molecule has 2 aromatic carbocycles. The maximum atomic E-state index is 12.6. The van der Waals surface area contributed by atoms with Crippen LogP contribution in [0.1, 0.15) is 45.2 Å². The predicted molar refractivity (Wildman–Crippen MR) is 104 cm³/mol. The maximum Gasteiger partial charge on any atom is 0.255 e. The van der Waals surface area contributed by atoms with Gasteiger partial charge in [0, 0.05) is 37.1 Å². The van der Waals surface area contributed by atoms with Gasteiger partial charge in [-0.15, -0.1) is 0 Å². The molecule has 0 unspecified atom stereocenters. The average molecular weight is 354 g/mol. The number of methoxy groups -OCH3 is 1. The minimum Gasteiger partial charge on any atom is -0.385 e. The van der Waals surface area contributed by atoms with Crippen molar-refractivity contribution in [3.05, 3.63) is 64.7 Å². The summed E-state index contributed by atoms with van der Waals surface area (Å²) in [7, 11) is 1.63. The lowest BCUT2D eigenvalue weighted by Gasteiger charge is -2.13. The van der Waals surface area contributed by atoms with Crippen LogP contribution in [0, 0.1) is 6.92 Å². The summed E-state index contributed by atoms with van der Waals surface area (Å²) in [5.41, 5.74) is 3.87. The van der Waals surface area contributed by atoms with Crippen LogP contribution in [0.3, 0.4) is 0 Å². The summed E-state index contributed by atoms with van der Waals surface area (Å²) in [5, 5.41) is 5.81. The standard InChI is InChI=1S/C21H26N2O3/c1-4-16-9-5-8-15(2)19(16)23-21(25)18-11-6-10-17(14-18)20(24)22-12-7-13-26-3/h5-6,8-11,14H,4,7,12-13H2,1-3H3,(H,22,24)(H,23,25). The number of benzene rings is 2. The van der Waals surface area contributed by atoms with Crippen molar-refractivity contribution in [1.82, 2.24) is 5.32 Å². The minimum absolute atomic E-state index is 0.194. The number of hydrogen-bond acceptors (Lipinski definition) is 3. The number of amides is 2. The zero-order valence-corrected chi connectivity index (χ0v) is 15.6. The highest BCUT2D eigenvalue weighted by atomic mass is 16.5. The molecule has 0 saturated carbocycles. The van der Waals surface area contributed by atoms with Gasteiger partial charge in [0.2, 0.25) is 0 Å². The zero-order valence-electron chi connectivity index (χ0n) is 15.6. The summed E-state index contributed by atoms with van der Waals surface area (Å²) >= 11 is 0. The Morgan fingerprint density at radius 2 is 1.73 bits per heavy atom. The van der Waals surface area contributed by atoms with E-state index in [0.717, 1.165) is 29.7 Å². The number of rotatable bonds is 8. The van der Waals surface area contributed by atoms with E-state index in [1.807, 2.05) is 25.1 Å². The Bertz CT molecular complexity index is 772. The van der Waals surface area contributed by atoms with E-state index < -0.39 is 0 Å². The quantitative estimate of drug-likeness (QED) is 0.712. The summed E-state index contributed by atoms with van der Waals surface area (Å²) in [6, 6.07) is 12.7. The molecule has 26 heavy (non-hydrogen) atoms. The Labute approximate surface area is 154 Å². The fourth-order valence-electron chi connectivity index (χ4n) is 2.71. The molecule has 0 bridgehead atoms. The van der Waals surface area contributed by atoms with Crippen LogP contribution in [0.15, 0.2) is 42.5 Å². The second kappa shape index (κ2) is 9.73. The molecule has 138 valence electrons. The number of aryl methyl sites for hydroxylation is 2. The fourth-order valence-corrected chi connectivity index (χ4v) is 2.71. The van der Waals surface area contributed by atoms with E-state index >= 15 is 0 Å². The molecule has 5 nitrogen and oxygen atoms in total. The van der Waals surface area contributed by atoms with Gasteiger partial charge < -0.3 is 15.4 Å². The van der Waals surface area contributed by atoms with Crippen molar-refractivity contribution in [2.75, 3.05) is 25.6 Å². The smallest absolute Gasteiger partial charge is 0.255 e. The van der Waals surface area contributed by atoms with E-state index in [2.05, 4.69) is 17.6 Å². The van der Waals surface area contributed by atoms with Crippen molar-refractivity contribution >= 4 is 17.5 Å². The topological polar surface area (TPSA) is 67.4 Å². The number of hydrogen-bond donors (Lipinski definition) is 2. The molecule has 2 rings (SSSR count). The number of anilines is 1. The molecular weight excluding hydrogens is 328 g/mol. The van der Waals surface area contributed by atoms with Gasteiger partial charge in [-0.2, -0.15) is 0 Å². The van der Waals surface area contributed by atoms with Crippen LogP contribution in [-0.2, 0) is 11.2 Å². The molecule has 0 saturated heterocycles.